The van der Waals surface area contributed by atoms with Crippen LogP contribution in [0.1, 0.15) is 19.8 Å². The summed E-state index contributed by atoms with van der Waals surface area (Å²) in [5.74, 6) is 0.912. The van der Waals surface area contributed by atoms with Gasteiger partial charge in [-0.3, -0.25) is 0 Å². The number of rotatable bonds is 1. The van der Waals surface area contributed by atoms with Crippen LogP contribution in [0.25, 0.3) is 0 Å². The highest BCUT2D eigenvalue weighted by atomic mass is 79.9. The molecule has 0 spiro atoms. The Hall–Kier alpha value is -0.350. The molecule has 0 amide bonds. The summed E-state index contributed by atoms with van der Waals surface area (Å²) in [6.07, 6.45) is 4.14. The monoisotopic (exact) mass is 275 g/mol. The van der Waals surface area contributed by atoms with E-state index in [1.54, 1.807) is 6.20 Å². The van der Waals surface area contributed by atoms with Crippen LogP contribution in [0, 0.1) is 0 Å². The second kappa shape index (κ2) is 4.03. The molecular formula is C9H11BrClN3. The summed E-state index contributed by atoms with van der Waals surface area (Å²) in [5, 5.41) is 0.308. The lowest BCUT2D eigenvalue weighted by atomic mass is 10.2. The molecule has 1 unspecified atom stereocenters. The first-order chi connectivity index (χ1) is 6.68. The van der Waals surface area contributed by atoms with E-state index in [4.69, 9.17) is 11.6 Å². The summed E-state index contributed by atoms with van der Waals surface area (Å²) < 4.78 is 0.913. The standard InChI is InChI=1S/C9H11BrClN3/c1-6-3-2-4-14(6)8-7(10)5-12-9(11)13-8/h5-6H,2-4H2,1H3. The summed E-state index contributed by atoms with van der Waals surface area (Å²) in [4.78, 5) is 10.4. The SMILES string of the molecule is CC1CCCN1c1nc(Cl)ncc1Br. The van der Waals surface area contributed by atoms with Gasteiger partial charge in [0.2, 0.25) is 5.28 Å². The molecule has 0 bridgehead atoms. The molecular weight excluding hydrogens is 265 g/mol. The second-order valence-electron chi connectivity index (χ2n) is 3.50. The van der Waals surface area contributed by atoms with E-state index in [1.165, 1.54) is 12.8 Å². The van der Waals surface area contributed by atoms with Gasteiger partial charge in [-0.15, -0.1) is 0 Å². The molecule has 3 nitrogen and oxygen atoms in total. The summed E-state index contributed by atoms with van der Waals surface area (Å²) >= 11 is 9.22. The number of hydrogen-bond acceptors (Lipinski definition) is 3. The van der Waals surface area contributed by atoms with Crippen LogP contribution in [-0.4, -0.2) is 22.6 Å². The van der Waals surface area contributed by atoms with Gasteiger partial charge in [-0.05, 0) is 47.3 Å². The van der Waals surface area contributed by atoms with Crippen LogP contribution in [0.15, 0.2) is 10.7 Å². The molecule has 2 heterocycles. The molecule has 1 saturated heterocycles. The predicted molar refractivity (Wildman–Crippen MR) is 60.8 cm³/mol. The molecule has 1 aromatic rings. The van der Waals surface area contributed by atoms with Crippen molar-refractivity contribution >= 4 is 33.3 Å². The third kappa shape index (κ3) is 1.86. The topological polar surface area (TPSA) is 29.0 Å². The molecule has 0 aliphatic carbocycles. The molecule has 0 saturated carbocycles. The van der Waals surface area contributed by atoms with Crippen molar-refractivity contribution < 1.29 is 0 Å². The van der Waals surface area contributed by atoms with Gasteiger partial charge in [0.15, 0.2) is 0 Å². The minimum absolute atomic E-state index is 0.308. The first-order valence-electron chi connectivity index (χ1n) is 4.63. The summed E-state index contributed by atoms with van der Waals surface area (Å²) in [6.45, 7) is 3.25. The summed E-state index contributed by atoms with van der Waals surface area (Å²) in [5.41, 5.74) is 0. The van der Waals surface area contributed by atoms with Crippen LogP contribution in [0.4, 0.5) is 5.82 Å². The molecule has 0 N–H and O–H groups in total. The fourth-order valence-electron chi connectivity index (χ4n) is 1.79. The average Bonchev–Trinajstić information content (AvgIpc) is 2.56. The molecule has 2 rings (SSSR count). The van der Waals surface area contributed by atoms with Gasteiger partial charge in [-0.1, -0.05) is 0 Å². The number of halogens is 2. The lowest BCUT2D eigenvalue weighted by Crippen LogP contribution is -2.27. The smallest absolute Gasteiger partial charge is 0.224 e. The van der Waals surface area contributed by atoms with Gasteiger partial charge >= 0.3 is 0 Å². The Labute approximate surface area is 96.6 Å². The Bertz CT molecular complexity index is 345. The average molecular weight is 277 g/mol. The van der Waals surface area contributed by atoms with E-state index in [1.807, 2.05) is 0 Å². The molecule has 1 fully saturated rings. The van der Waals surface area contributed by atoms with E-state index in [0.29, 0.717) is 11.3 Å². The zero-order valence-corrected chi connectivity index (χ0v) is 10.2. The highest BCUT2D eigenvalue weighted by Crippen LogP contribution is 2.30. The Morgan fingerprint density at radius 3 is 3.07 bits per heavy atom. The highest BCUT2D eigenvalue weighted by molar-refractivity contribution is 9.10. The van der Waals surface area contributed by atoms with E-state index in [2.05, 4.69) is 37.7 Å². The Balaban J connectivity index is 2.34. The zero-order chi connectivity index (χ0) is 10.1. The van der Waals surface area contributed by atoms with Crippen LogP contribution in [0.5, 0.6) is 0 Å². The van der Waals surface area contributed by atoms with Gasteiger partial charge in [0.25, 0.3) is 0 Å². The first-order valence-corrected chi connectivity index (χ1v) is 5.80. The van der Waals surface area contributed by atoms with Gasteiger partial charge in [0.05, 0.1) is 4.47 Å². The van der Waals surface area contributed by atoms with Gasteiger partial charge in [-0.2, -0.15) is 4.98 Å². The molecule has 1 aliphatic heterocycles. The number of aromatic nitrogens is 2. The molecule has 1 atom stereocenters. The minimum atomic E-state index is 0.308. The van der Waals surface area contributed by atoms with Crippen molar-refractivity contribution in [3.05, 3.63) is 16.0 Å². The van der Waals surface area contributed by atoms with Crippen molar-refractivity contribution in [1.82, 2.24) is 9.97 Å². The summed E-state index contributed by atoms with van der Waals surface area (Å²) in [6, 6.07) is 0.539. The fraction of sp³-hybridized carbons (Fsp3) is 0.556. The van der Waals surface area contributed by atoms with Crippen molar-refractivity contribution in [3.63, 3.8) is 0 Å². The zero-order valence-electron chi connectivity index (χ0n) is 7.87. The lowest BCUT2D eigenvalue weighted by Gasteiger charge is -2.23. The van der Waals surface area contributed by atoms with Crippen LogP contribution < -0.4 is 4.90 Å². The summed E-state index contributed by atoms with van der Waals surface area (Å²) in [7, 11) is 0. The van der Waals surface area contributed by atoms with Crippen molar-refractivity contribution in [2.24, 2.45) is 0 Å². The minimum Gasteiger partial charge on any atom is -0.353 e. The van der Waals surface area contributed by atoms with Crippen molar-refractivity contribution in [2.75, 3.05) is 11.4 Å². The predicted octanol–water partition coefficient (Wildman–Crippen LogP) is 2.88. The van der Waals surface area contributed by atoms with Crippen molar-refractivity contribution in [3.8, 4) is 0 Å². The molecule has 0 radical (unpaired) electrons. The molecule has 0 aromatic carbocycles. The lowest BCUT2D eigenvalue weighted by molar-refractivity contribution is 0.724. The fourth-order valence-corrected chi connectivity index (χ4v) is 2.33. The quantitative estimate of drug-likeness (QED) is 0.739. The molecule has 14 heavy (non-hydrogen) atoms. The molecule has 76 valence electrons. The number of anilines is 1. The maximum atomic E-state index is 5.77. The number of nitrogens with zero attached hydrogens (tertiary/aromatic N) is 3. The highest BCUT2D eigenvalue weighted by Gasteiger charge is 2.23. The van der Waals surface area contributed by atoms with Gasteiger partial charge in [0.1, 0.15) is 5.82 Å². The van der Waals surface area contributed by atoms with Gasteiger partial charge < -0.3 is 4.90 Å². The Morgan fingerprint density at radius 2 is 2.43 bits per heavy atom. The number of hydrogen-bond donors (Lipinski definition) is 0. The van der Waals surface area contributed by atoms with Crippen molar-refractivity contribution in [2.45, 2.75) is 25.8 Å². The van der Waals surface area contributed by atoms with Gasteiger partial charge in [0, 0.05) is 18.8 Å². The van der Waals surface area contributed by atoms with E-state index >= 15 is 0 Å². The third-order valence-corrected chi connectivity index (χ3v) is 3.26. The Kier molecular flexibility index (Phi) is 2.93. The van der Waals surface area contributed by atoms with Crippen molar-refractivity contribution in [1.29, 1.82) is 0 Å². The van der Waals surface area contributed by atoms with E-state index in [-0.39, 0.29) is 0 Å². The van der Waals surface area contributed by atoms with Crippen LogP contribution in [-0.2, 0) is 0 Å². The molecule has 1 aromatic heterocycles. The van der Waals surface area contributed by atoms with E-state index in [9.17, 15) is 0 Å². The normalized spacial score (nSPS) is 21.6. The first kappa shape index (κ1) is 10.2. The molecule has 1 aliphatic rings. The van der Waals surface area contributed by atoms with Crippen LogP contribution in [0.3, 0.4) is 0 Å². The van der Waals surface area contributed by atoms with E-state index in [0.717, 1.165) is 16.8 Å². The Morgan fingerprint density at radius 1 is 1.64 bits per heavy atom. The largest absolute Gasteiger partial charge is 0.353 e. The van der Waals surface area contributed by atoms with Gasteiger partial charge in [-0.25, -0.2) is 4.98 Å². The second-order valence-corrected chi connectivity index (χ2v) is 4.69. The maximum Gasteiger partial charge on any atom is 0.224 e. The molecule has 5 heteroatoms. The van der Waals surface area contributed by atoms with E-state index < -0.39 is 0 Å². The maximum absolute atomic E-state index is 5.77. The van der Waals surface area contributed by atoms with Crippen LogP contribution >= 0.6 is 27.5 Å². The third-order valence-electron chi connectivity index (χ3n) is 2.52. The van der Waals surface area contributed by atoms with Crippen LogP contribution in [0.2, 0.25) is 5.28 Å².